The molecule has 6 nitrogen and oxygen atoms in total. The SMILES string of the molecule is Cc1nc(-c2cc(C)n(CC(=O)NCC(CC(C)C)N3CCOCC3)c2C)cs1. The Bertz CT molecular complexity index is 821. The third-order valence-corrected chi connectivity index (χ3v) is 6.38. The molecule has 0 spiro atoms. The number of nitrogens with zero attached hydrogens (tertiary/aromatic N) is 3. The first-order chi connectivity index (χ1) is 13.8. The summed E-state index contributed by atoms with van der Waals surface area (Å²) in [6.45, 7) is 15.1. The van der Waals surface area contributed by atoms with Crippen LogP contribution in [0.1, 0.15) is 36.7 Å². The van der Waals surface area contributed by atoms with E-state index in [-0.39, 0.29) is 5.91 Å². The van der Waals surface area contributed by atoms with Gasteiger partial charge in [0.15, 0.2) is 0 Å². The van der Waals surface area contributed by atoms with Gasteiger partial charge in [0.25, 0.3) is 0 Å². The van der Waals surface area contributed by atoms with Crippen LogP contribution in [0.4, 0.5) is 0 Å². The van der Waals surface area contributed by atoms with Gasteiger partial charge in [0.1, 0.15) is 6.54 Å². The molecular formula is C22H34N4O2S. The number of carbonyl (C=O) groups excluding carboxylic acids is 1. The summed E-state index contributed by atoms with van der Waals surface area (Å²) in [5, 5.41) is 6.33. The number of thiazole rings is 1. The molecule has 1 unspecified atom stereocenters. The highest BCUT2D eigenvalue weighted by Crippen LogP contribution is 2.27. The highest BCUT2D eigenvalue weighted by molar-refractivity contribution is 7.09. The summed E-state index contributed by atoms with van der Waals surface area (Å²) < 4.78 is 7.58. The van der Waals surface area contributed by atoms with Gasteiger partial charge in [0.05, 0.1) is 23.9 Å². The van der Waals surface area contributed by atoms with Gasteiger partial charge in [-0.1, -0.05) is 13.8 Å². The zero-order chi connectivity index (χ0) is 21.0. The van der Waals surface area contributed by atoms with Crippen LogP contribution in [-0.4, -0.2) is 59.2 Å². The maximum atomic E-state index is 12.8. The first-order valence-corrected chi connectivity index (χ1v) is 11.4. The number of hydrogen-bond acceptors (Lipinski definition) is 5. The minimum atomic E-state index is 0.0647. The number of carbonyl (C=O) groups is 1. The van der Waals surface area contributed by atoms with Crippen LogP contribution in [0.15, 0.2) is 11.4 Å². The predicted octanol–water partition coefficient (Wildman–Crippen LogP) is 3.40. The van der Waals surface area contributed by atoms with Crippen LogP contribution in [-0.2, 0) is 16.1 Å². The summed E-state index contributed by atoms with van der Waals surface area (Å²) in [7, 11) is 0. The van der Waals surface area contributed by atoms with Crippen LogP contribution < -0.4 is 5.32 Å². The highest BCUT2D eigenvalue weighted by atomic mass is 32.1. The number of nitrogens with one attached hydrogen (secondary N) is 1. The Morgan fingerprint density at radius 1 is 1.28 bits per heavy atom. The Morgan fingerprint density at radius 2 is 2.00 bits per heavy atom. The standard InChI is InChI=1S/C22H34N4O2S/c1-15(2)10-19(25-6-8-28-9-7-25)12-23-22(27)13-26-16(3)11-20(17(26)4)21-14-29-18(5)24-21/h11,14-15,19H,6-10,12-13H2,1-5H3,(H,23,27). The van der Waals surface area contributed by atoms with Crippen LogP contribution in [0.25, 0.3) is 11.3 Å². The first-order valence-electron chi connectivity index (χ1n) is 10.5. The molecule has 2 aromatic heterocycles. The average molecular weight is 419 g/mol. The Hall–Kier alpha value is -1.70. The molecule has 0 aliphatic carbocycles. The number of aromatic nitrogens is 2. The van der Waals surface area contributed by atoms with Crippen molar-refractivity contribution in [3.8, 4) is 11.3 Å². The Balaban J connectivity index is 1.63. The molecule has 3 rings (SSSR count). The topological polar surface area (TPSA) is 59.4 Å². The number of hydrogen-bond donors (Lipinski definition) is 1. The molecule has 0 aromatic carbocycles. The lowest BCUT2D eigenvalue weighted by molar-refractivity contribution is -0.122. The number of morpholine rings is 1. The fourth-order valence-electron chi connectivity index (χ4n) is 4.07. The number of aryl methyl sites for hydroxylation is 2. The number of rotatable bonds is 8. The van der Waals surface area contributed by atoms with E-state index in [2.05, 4.69) is 58.9 Å². The zero-order valence-electron chi connectivity index (χ0n) is 18.3. The van der Waals surface area contributed by atoms with Crippen LogP contribution >= 0.6 is 11.3 Å². The van der Waals surface area contributed by atoms with E-state index < -0.39 is 0 Å². The zero-order valence-corrected chi connectivity index (χ0v) is 19.1. The van der Waals surface area contributed by atoms with E-state index in [4.69, 9.17) is 4.74 Å². The van der Waals surface area contributed by atoms with Crippen molar-refractivity contribution >= 4 is 17.2 Å². The maximum absolute atomic E-state index is 12.8. The number of amides is 1. The summed E-state index contributed by atoms with van der Waals surface area (Å²) in [5.74, 6) is 0.660. The van der Waals surface area contributed by atoms with Gasteiger partial charge in [-0.05, 0) is 39.2 Å². The molecule has 2 aromatic rings. The summed E-state index contributed by atoms with van der Waals surface area (Å²) >= 11 is 1.65. The highest BCUT2D eigenvalue weighted by Gasteiger charge is 2.23. The van der Waals surface area contributed by atoms with Crippen molar-refractivity contribution in [3.63, 3.8) is 0 Å². The smallest absolute Gasteiger partial charge is 0.239 e. The van der Waals surface area contributed by atoms with Gasteiger partial charge in [-0.25, -0.2) is 4.98 Å². The number of ether oxygens (including phenoxy) is 1. The van der Waals surface area contributed by atoms with Crippen molar-refractivity contribution in [2.24, 2.45) is 5.92 Å². The molecule has 1 N–H and O–H groups in total. The van der Waals surface area contributed by atoms with Crippen molar-refractivity contribution < 1.29 is 9.53 Å². The van der Waals surface area contributed by atoms with Crippen LogP contribution in [0.5, 0.6) is 0 Å². The molecule has 1 aliphatic rings. The van der Waals surface area contributed by atoms with E-state index in [0.29, 0.717) is 25.0 Å². The minimum Gasteiger partial charge on any atom is -0.379 e. The lowest BCUT2D eigenvalue weighted by Crippen LogP contribution is -2.49. The van der Waals surface area contributed by atoms with Gasteiger partial charge in [-0.15, -0.1) is 11.3 Å². The van der Waals surface area contributed by atoms with Gasteiger partial charge in [-0.2, -0.15) is 0 Å². The largest absolute Gasteiger partial charge is 0.379 e. The van der Waals surface area contributed by atoms with Gasteiger partial charge >= 0.3 is 0 Å². The molecule has 1 aliphatic heterocycles. The lowest BCUT2D eigenvalue weighted by Gasteiger charge is -2.35. The molecule has 0 bridgehead atoms. The summed E-state index contributed by atoms with van der Waals surface area (Å²) in [4.78, 5) is 19.8. The normalized spacial score (nSPS) is 16.3. The second-order valence-corrected chi connectivity index (χ2v) is 9.42. The molecule has 1 amide bonds. The molecule has 1 saturated heterocycles. The summed E-state index contributed by atoms with van der Waals surface area (Å²) in [6, 6.07) is 2.50. The van der Waals surface area contributed by atoms with Gasteiger partial charge in [0, 0.05) is 48.0 Å². The minimum absolute atomic E-state index is 0.0647. The van der Waals surface area contributed by atoms with E-state index in [9.17, 15) is 4.79 Å². The van der Waals surface area contributed by atoms with E-state index in [1.807, 2.05) is 6.92 Å². The van der Waals surface area contributed by atoms with Crippen molar-refractivity contribution in [1.82, 2.24) is 19.8 Å². The predicted molar refractivity (Wildman–Crippen MR) is 118 cm³/mol. The average Bonchev–Trinajstić information content (AvgIpc) is 3.23. The summed E-state index contributed by atoms with van der Waals surface area (Å²) in [5.41, 5.74) is 4.29. The van der Waals surface area contributed by atoms with Crippen molar-refractivity contribution in [2.45, 2.75) is 53.6 Å². The quantitative estimate of drug-likeness (QED) is 0.714. The monoisotopic (exact) mass is 418 g/mol. The third kappa shape index (κ3) is 5.68. The van der Waals surface area contributed by atoms with E-state index in [1.54, 1.807) is 11.3 Å². The lowest BCUT2D eigenvalue weighted by atomic mass is 10.0. The van der Waals surface area contributed by atoms with Gasteiger partial charge in [0.2, 0.25) is 5.91 Å². The molecule has 1 atom stereocenters. The van der Waals surface area contributed by atoms with E-state index in [1.165, 1.54) is 0 Å². The van der Waals surface area contributed by atoms with Crippen molar-refractivity contribution in [1.29, 1.82) is 0 Å². The molecule has 1 fully saturated rings. The van der Waals surface area contributed by atoms with Crippen molar-refractivity contribution in [2.75, 3.05) is 32.8 Å². The van der Waals surface area contributed by atoms with E-state index in [0.717, 1.165) is 60.4 Å². The molecule has 0 radical (unpaired) electrons. The van der Waals surface area contributed by atoms with Gasteiger partial charge in [-0.3, -0.25) is 9.69 Å². The molecule has 7 heteroatoms. The van der Waals surface area contributed by atoms with E-state index >= 15 is 0 Å². The van der Waals surface area contributed by atoms with Crippen LogP contribution in [0.2, 0.25) is 0 Å². The maximum Gasteiger partial charge on any atom is 0.239 e. The first kappa shape index (κ1) is 22.0. The molecular weight excluding hydrogens is 384 g/mol. The fraction of sp³-hybridized carbons (Fsp3) is 0.636. The molecule has 3 heterocycles. The summed E-state index contributed by atoms with van der Waals surface area (Å²) in [6.07, 6.45) is 1.08. The Kier molecular flexibility index (Phi) is 7.49. The van der Waals surface area contributed by atoms with Gasteiger partial charge < -0.3 is 14.6 Å². The molecule has 29 heavy (non-hydrogen) atoms. The second-order valence-electron chi connectivity index (χ2n) is 8.36. The molecule has 160 valence electrons. The second kappa shape index (κ2) is 9.87. The molecule has 0 saturated carbocycles. The fourth-order valence-corrected chi connectivity index (χ4v) is 4.68. The van der Waals surface area contributed by atoms with Crippen LogP contribution in [0.3, 0.4) is 0 Å². The Labute approximate surface area is 178 Å². The van der Waals surface area contributed by atoms with Crippen molar-refractivity contribution in [3.05, 3.63) is 27.8 Å². The third-order valence-electron chi connectivity index (χ3n) is 5.61. The van der Waals surface area contributed by atoms with Crippen LogP contribution in [0, 0.1) is 26.7 Å². The Morgan fingerprint density at radius 3 is 2.62 bits per heavy atom.